The number of halogens is 2. The lowest BCUT2D eigenvalue weighted by Crippen LogP contribution is -1.91. The Morgan fingerprint density at radius 3 is 0.964 bits per heavy atom. The van der Waals surface area contributed by atoms with Gasteiger partial charge in [-0.2, -0.15) is 0 Å². The van der Waals surface area contributed by atoms with Gasteiger partial charge in [-0.3, -0.25) is 0 Å². The van der Waals surface area contributed by atoms with Gasteiger partial charge in [-0.1, -0.05) is 154 Å². The maximum Gasteiger partial charge on any atom is 0.0737 e. The van der Waals surface area contributed by atoms with Gasteiger partial charge < -0.3 is 9.97 Å². The SMILES string of the molecule is ICCCc1ccc(-c2c3nc(c(-c4ccccc4)c4ccc([nH]4)c(-c4ccc(CCCI)cc4)c4nc(c(-c5ccccc5)c5ccc2[nH]5)C=C4)C=C3)cc1. The third kappa shape index (κ3) is 7.44. The second-order valence-corrected chi connectivity index (χ2v) is 16.4. The van der Waals surface area contributed by atoms with Crippen LogP contribution in [0.25, 0.3) is 90.9 Å². The molecule has 6 heteroatoms. The van der Waals surface area contributed by atoms with Crippen molar-refractivity contribution in [2.45, 2.75) is 25.7 Å². The van der Waals surface area contributed by atoms with Crippen molar-refractivity contribution in [2.75, 3.05) is 8.86 Å². The van der Waals surface area contributed by atoms with Crippen molar-refractivity contribution in [3.05, 3.63) is 167 Å². The molecule has 8 bridgehead atoms. The van der Waals surface area contributed by atoms with Crippen molar-refractivity contribution in [1.29, 1.82) is 0 Å². The fourth-order valence-corrected chi connectivity index (χ4v) is 8.61. The van der Waals surface area contributed by atoms with Crippen molar-refractivity contribution in [1.82, 2.24) is 19.9 Å². The molecule has 274 valence electrons. The summed E-state index contributed by atoms with van der Waals surface area (Å²) in [6.45, 7) is 0. The average Bonchev–Trinajstić information content (AvgIpc) is 4.09. The molecule has 0 radical (unpaired) electrons. The highest BCUT2D eigenvalue weighted by Crippen LogP contribution is 2.38. The van der Waals surface area contributed by atoms with E-state index in [1.165, 1.54) is 24.0 Å². The zero-order valence-corrected chi connectivity index (χ0v) is 35.2. The number of hydrogen-bond acceptors (Lipinski definition) is 2. The van der Waals surface area contributed by atoms with Gasteiger partial charge in [0.05, 0.1) is 22.8 Å². The second kappa shape index (κ2) is 16.6. The van der Waals surface area contributed by atoms with E-state index >= 15 is 0 Å². The number of nitrogens with zero attached hydrogens (tertiary/aromatic N) is 2. The number of hydrogen-bond donors (Lipinski definition) is 2. The number of aromatic nitrogens is 4. The van der Waals surface area contributed by atoms with Gasteiger partial charge in [0.15, 0.2) is 0 Å². The van der Waals surface area contributed by atoms with Gasteiger partial charge in [-0.25, -0.2) is 9.97 Å². The number of alkyl halides is 2. The average molecular weight is 951 g/mol. The van der Waals surface area contributed by atoms with Crippen LogP contribution in [-0.2, 0) is 12.8 Å². The van der Waals surface area contributed by atoms with Crippen LogP contribution in [0.15, 0.2) is 133 Å². The summed E-state index contributed by atoms with van der Waals surface area (Å²) >= 11 is 4.92. The monoisotopic (exact) mass is 950 g/mol. The summed E-state index contributed by atoms with van der Waals surface area (Å²) in [6.07, 6.45) is 13.2. The van der Waals surface area contributed by atoms with Crippen molar-refractivity contribution < 1.29 is 0 Å². The molecule has 0 saturated carbocycles. The number of benzene rings is 4. The van der Waals surface area contributed by atoms with Crippen LogP contribution in [0.1, 0.15) is 46.7 Å². The molecule has 0 fully saturated rings. The Morgan fingerprint density at radius 1 is 0.357 bits per heavy atom. The van der Waals surface area contributed by atoms with Gasteiger partial charge in [0.25, 0.3) is 0 Å². The molecule has 2 aliphatic heterocycles. The van der Waals surface area contributed by atoms with E-state index in [0.717, 1.165) is 111 Å². The summed E-state index contributed by atoms with van der Waals surface area (Å²) in [4.78, 5) is 18.7. The highest BCUT2D eigenvalue weighted by molar-refractivity contribution is 14.1. The third-order valence-electron chi connectivity index (χ3n) is 10.6. The molecule has 0 unspecified atom stereocenters. The molecule has 4 aromatic carbocycles. The van der Waals surface area contributed by atoms with Crippen LogP contribution in [0.3, 0.4) is 0 Å². The Morgan fingerprint density at radius 2 is 0.661 bits per heavy atom. The normalized spacial score (nSPS) is 12.0. The minimum atomic E-state index is 0.918. The minimum Gasteiger partial charge on any atom is -0.354 e. The van der Waals surface area contributed by atoms with Gasteiger partial charge in [-0.05, 0) is 116 Å². The summed E-state index contributed by atoms with van der Waals surface area (Å²) in [5.41, 5.74) is 19.1. The van der Waals surface area contributed by atoms with E-state index in [9.17, 15) is 0 Å². The molecule has 4 nitrogen and oxygen atoms in total. The summed E-state index contributed by atoms with van der Waals surface area (Å²) in [5, 5.41) is 0. The van der Waals surface area contributed by atoms with Crippen LogP contribution in [0.5, 0.6) is 0 Å². The quantitative estimate of drug-likeness (QED) is 0.106. The molecule has 9 rings (SSSR count). The lowest BCUT2D eigenvalue weighted by molar-refractivity contribution is 0.946. The first kappa shape index (κ1) is 36.6. The molecule has 7 aromatic rings. The molecule has 56 heavy (non-hydrogen) atoms. The molecule has 2 aliphatic rings. The molecule has 5 heterocycles. The zero-order valence-electron chi connectivity index (χ0n) is 30.9. The Labute approximate surface area is 355 Å². The van der Waals surface area contributed by atoms with Crippen LogP contribution in [-0.4, -0.2) is 28.8 Å². The van der Waals surface area contributed by atoms with Crippen LogP contribution in [0, 0.1) is 0 Å². The van der Waals surface area contributed by atoms with Crippen LogP contribution in [0.2, 0.25) is 0 Å². The first-order valence-electron chi connectivity index (χ1n) is 19.2. The summed E-state index contributed by atoms with van der Waals surface area (Å²) in [7, 11) is 0. The Kier molecular flexibility index (Phi) is 10.8. The van der Waals surface area contributed by atoms with Crippen molar-refractivity contribution >= 4 is 91.6 Å². The molecule has 0 aliphatic carbocycles. The zero-order chi connectivity index (χ0) is 37.8. The van der Waals surface area contributed by atoms with E-state index in [2.05, 4.69) is 213 Å². The molecule has 0 spiro atoms. The predicted molar refractivity (Wildman–Crippen MR) is 255 cm³/mol. The van der Waals surface area contributed by atoms with E-state index in [-0.39, 0.29) is 0 Å². The van der Waals surface area contributed by atoms with Gasteiger partial charge in [-0.15, -0.1) is 0 Å². The molecule has 0 amide bonds. The Bertz CT molecular complexity index is 2550. The van der Waals surface area contributed by atoms with E-state index in [4.69, 9.17) is 9.97 Å². The number of nitrogens with one attached hydrogen (secondary N) is 2. The van der Waals surface area contributed by atoms with E-state index in [1.54, 1.807) is 0 Å². The molecular weight excluding hydrogens is 910 g/mol. The standard InChI is InChI=1S/C50H40I2N4/c51-31-7-9-33-15-19-37(20-16-33)49-43-27-23-39(53-43)47(35-11-3-1-4-12-35)40-24-28-44(54-40)50(38-21-17-34(18-22-38)10-8-32-52)46-30-26-42(56-46)48(36-13-5-2-6-14-36)41-25-29-45(49)55-41/h1-6,11-30,53,56H,7-10,31-32H2. The minimum absolute atomic E-state index is 0.918. The van der Waals surface area contributed by atoms with Crippen LogP contribution in [0.4, 0.5) is 0 Å². The maximum absolute atomic E-state index is 5.45. The summed E-state index contributed by atoms with van der Waals surface area (Å²) in [6, 6.07) is 48.1. The van der Waals surface area contributed by atoms with E-state index in [0.29, 0.717) is 0 Å². The predicted octanol–water partition coefficient (Wildman–Crippen LogP) is 14.1. The highest BCUT2D eigenvalue weighted by atomic mass is 127. The van der Waals surface area contributed by atoms with Gasteiger partial charge >= 0.3 is 0 Å². The highest BCUT2D eigenvalue weighted by Gasteiger charge is 2.19. The van der Waals surface area contributed by atoms with Crippen LogP contribution < -0.4 is 0 Å². The Hall–Kier alpha value is -5.06. The lowest BCUT2D eigenvalue weighted by atomic mass is 10.0. The number of fused-ring (bicyclic) bond motifs is 8. The fourth-order valence-electron chi connectivity index (χ4n) is 7.85. The largest absolute Gasteiger partial charge is 0.354 e. The fraction of sp³-hybridized carbons (Fsp3) is 0.120. The topological polar surface area (TPSA) is 57.4 Å². The van der Waals surface area contributed by atoms with Crippen LogP contribution >= 0.6 is 45.2 Å². The van der Waals surface area contributed by atoms with Gasteiger partial charge in [0, 0.05) is 44.3 Å². The van der Waals surface area contributed by atoms with E-state index < -0.39 is 0 Å². The van der Waals surface area contributed by atoms with E-state index in [1.807, 2.05) is 0 Å². The summed E-state index contributed by atoms with van der Waals surface area (Å²) in [5.74, 6) is 0. The van der Waals surface area contributed by atoms with Crippen molar-refractivity contribution in [3.63, 3.8) is 0 Å². The number of rotatable bonds is 10. The molecule has 0 atom stereocenters. The first-order valence-corrected chi connectivity index (χ1v) is 22.3. The van der Waals surface area contributed by atoms with Crippen molar-refractivity contribution in [2.24, 2.45) is 0 Å². The van der Waals surface area contributed by atoms with Gasteiger partial charge in [0.1, 0.15) is 0 Å². The second-order valence-electron chi connectivity index (χ2n) is 14.2. The lowest BCUT2D eigenvalue weighted by Gasteiger charge is -2.08. The maximum atomic E-state index is 5.45. The number of H-pyrrole nitrogens is 2. The van der Waals surface area contributed by atoms with Gasteiger partial charge in [0.2, 0.25) is 0 Å². The third-order valence-corrected chi connectivity index (χ3v) is 12.1. The first-order chi connectivity index (χ1) is 27.7. The molecule has 2 N–H and O–H groups in total. The molecular formula is C50H40I2N4. The smallest absolute Gasteiger partial charge is 0.0737 e. The summed E-state index contributed by atoms with van der Waals surface area (Å²) < 4.78 is 2.30. The molecule has 3 aromatic heterocycles. The van der Waals surface area contributed by atoms with Crippen molar-refractivity contribution in [3.8, 4) is 44.5 Å². The molecule has 0 saturated heterocycles. The Balaban J connectivity index is 1.39. The number of aryl methyl sites for hydroxylation is 2. The number of aromatic amines is 2.